The number of pyridine rings is 3. The van der Waals surface area contributed by atoms with Crippen molar-refractivity contribution < 1.29 is 9.47 Å². The molecule has 6 heteroatoms. The fraction of sp³-hybridized carbons (Fsp3) is 0.194. The van der Waals surface area contributed by atoms with E-state index in [0.29, 0.717) is 26.1 Å². The molecule has 0 atom stereocenters. The van der Waals surface area contributed by atoms with E-state index in [1.165, 1.54) is 0 Å². The van der Waals surface area contributed by atoms with Gasteiger partial charge in [-0.2, -0.15) is 0 Å². The number of hydrogen-bond acceptors (Lipinski definition) is 6. The lowest BCUT2D eigenvalue weighted by Gasteiger charge is -2.50. The summed E-state index contributed by atoms with van der Waals surface area (Å²) in [5, 5.41) is 1.00. The minimum absolute atomic E-state index is 0.437. The maximum absolute atomic E-state index is 6.75. The first kappa shape index (κ1) is 22.2. The van der Waals surface area contributed by atoms with Crippen LogP contribution in [0.1, 0.15) is 18.4 Å². The third-order valence-electron chi connectivity index (χ3n) is 7.50. The van der Waals surface area contributed by atoms with Gasteiger partial charge in [0.1, 0.15) is 0 Å². The molecule has 0 bridgehead atoms. The third kappa shape index (κ3) is 3.81. The van der Waals surface area contributed by atoms with Crippen molar-refractivity contribution in [1.82, 2.24) is 15.0 Å². The molecule has 0 unspecified atom stereocenters. The second-order valence-electron chi connectivity index (χ2n) is 9.91. The summed E-state index contributed by atoms with van der Waals surface area (Å²) < 4.78 is 11.6. The zero-order valence-corrected chi connectivity index (χ0v) is 20.3. The van der Waals surface area contributed by atoms with Crippen LogP contribution in [0.4, 0.5) is 0 Å². The Morgan fingerprint density at radius 1 is 0.703 bits per heavy atom. The molecule has 1 saturated heterocycles. The molecule has 2 N–H and O–H groups in total. The highest BCUT2D eigenvalue weighted by Crippen LogP contribution is 2.51. The number of benzene rings is 2. The average Bonchev–Trinajstić information content (AvgIpc) is 3.42. The van der Waals surface area contributed by atoms with Crippen LogP contribution in [0, 0.1) is 0 Å². The van der Waals surface area contributed by atoms with E-state index in [1.807, 2.05) is 30.5 Å². The van der Waals surface area contributed by atoms with Gasteiger partial charge in [-0.1, -0.05) is 54.6 Å². The molecule has 4 heterocycles. The molecule has 3 aromatic heterocycles. The lowest BCUT2D eigenvalue weighted by molar-refractivity contribution is -0.239. The van der Waals surface area contributed by atoms with Gasteiger partial charge in [0, 0.05) is 53.5 Å². The Kier molecular flexibility index (Phi) is 5.15. The van der Waals surface area contributed by atoms with Crippen LogP contribution in [0.2, 0.25) is 0 Å². The van der Waals surface area contributed by atoms with Crippen molar-refractivity contribution in [2.24, 2.45) is 5.73 Å². The summed E-state index contributed by atoms with van der Waals surface area (Å²) in [6, 6.07) is 27.0. The highest BCUT2D eigenvalue weighted by Gasteiger charge is 2.57. The molecule has 182 valence electrons. The van der Waals surface area contributed by atoms with Gasteiger partial charge >= 0.3 is 0 Å². The number of nitrogens with zero attached hydrogens (tertiary/aromatic N) is 3. The summed E-state index contributed by atoms with van der Waals surface area (Å²) in [5.41, 5.74) is 14.3. The topological polar surface area (TPSA) is 83.2 Å². The number of rotatable bonds is 4. The Labute approximate surface area is 215 Å². The second kappa shape index (κ2) is 8.56. The summed E-state index contributed by atoms with van der Waals surface area (Å²) in [6.45, 7) is 1.28. The van der Waals surface area contributed by atoms with Gasteiger partial charge < -0.3 is 15.2 Å². The molecule has 2 fully saturated rings. The van der Waals surface area contributed by atoms with Gasteiger partial charge in [-0.25, -0.2) is 4.98 Å². The van der Waals surface area contributed by atoms with E-state index in [0.717, 1.165) is 50.1 Å². The maximum atomic E-state index is 6.75. The van der Waals surface area contributed by atoms with Crippen molar-refractivity contribution in [3.05, 3.63) is 103 Å². The quantitative estimate of drug-likeness (QED) is 0.350. The Morgan fingerprint density at radius 2 is 1.41 bits per heavy atom. The van der Waals surface area contributed by atoms with Crippen molar-refractivity contribution in [2.45, 2.75) is 24.2 Å². The highest BCUT2D eigenvalue weighted by atomic mass is 16.7. The Bertz CT molecular complexity index is 1570. The monoisotopic (exact) mass is 486 g/mol. The molecular weight excluding hydrogens is 460 g/mol. The van der Waals surface area contributed by atoms with Gasteiger partial charge in [0.2, 0.25) is 0 Å². The van der Waals surface area contributed by atoms with Crippen molar-refractivity contribution in [3.63, 3.8) is 0 Å². The number of hydrogen-bond donors (Lipinski definition) is 1. The first-order valence-electron chi connectivity index (χ1n) is 12.6. The fourth-order valence-corrected chi connectivity index (χ4v) is 5.67. The summed E-state index contributed by atoms with van der Waals surface area (Å²) >= 11 is 0. The van der Waals surface area contributed by atoms with Crippen molar-refractivity contribution in [2.75, 3.05) is 13.2 Å². The summed E-state index contributed by atoms with van der Waals surface area (Å²) in [4.78, 5) is 14.0. The standard InChI is InChI=1S/C31H26N4O2/c32-30(19-31(20-30)36-16-17-37-31)24-8-6-22(7-9-24)29-25(21-4-2-1-3-5-21)18-26-27(35-29)12-15-34-28(26)23-10-13-33-14-11-23/h1-15,18H,16-17,19-20,32H2. The van der Waals surface area contributed by atoms with E-state index < -0.39 is 11.3 Å². The molecule has 2 aromatic carbocycles. The van der Waals surface area contributed by atoms with Crippen LogP contribution >= 0.6 is 0 Å². The minimum atomic E-state index is -0.492. The third-order valence-corrected chi connectivity index (χ3v) is 7.50. The Balaban J connectivity index is 1.33. The highest BCUT2D eigenvalue weighted by molar-refractivity contribution is 5.98. The zero-order valence-electron chi connectivity index (χ0n) is 20.3. The van der Waals surface area contributed by atoms with Crippen LogP contribution in [0.5, 0.6) is 0 Å². The summed E-state index contributed by atoms with van der Waals surface area (Å²) in [6.07, 6.45) is 6.74. The van der Waals surface area contributed by atoms with Gasteiger partial charge in [-0.15, -0.1) is 0 Å². The molecule has 5 aromatic rings. The first-order chi connectivity index (χ1) is 18.1. The second-order valence-corrected chi connectivity index (χ2v) is 9.91. The van der Waals surface area contributed by atoms with E-state index in [-0.39, 0.29) is 0 Å². The van der Waals surface area contributed by atoms with Crippen LogP contribution < -0.4 is 5.73 Å². The smallest absolute Gasteiger partial charge is 0.172 e. The molecule has 0 radical (unpaired) electrons. The molecule has 37 heavy (non-hydrogen) atoms. The van der Waals surface area contributed by atoms with Crippen molar-refractivity contribution >= 4 is 10.9 Å². The molecule has 1 aliphatic heterocycles. The molecule has 1 saturated carbocycles. The first-order valence-corrected chi connectivity index (χ1v) is 12.6. The van der Waals surface area contributed by atoms with Crippen molar-refractivity contribution in [3.8, 4) is 33.6 Å². The molecule has 1 spiro atoms. The van der Waals surface area contributed by atoms with Crippen LogP contribution in [0.15, 0.2) is 97.5 Å². The van der Waals surface area contributed by atoms with E-state index in [9.17, 15) is 0 Å². The number of fused-ring (bicyclic) bond motifs is 1. The molecule has 1 aliphatic carbocycles. The SMILES string of the molecule is NC1(c2ccc(-c3nc4ccnc(-c5ccncc5)c4cc3-c3ccccc3)cc2)CC2(C1)OCCO2. The molecule has 6 nitrogen and oxygen atoms in total. The Hall–Kier alpha value is -3.97. The van der Waals surface area contributed by atoms with E-state index >= 15 is 0 Å². The normalized spacial score (nSPS) is 17.6. The minimum Gasteiger partial charge on any atom is -0.347 e. The lowest BCUT2D eigenvalue weighted by atomic mass is 9.68. The molecule has 2 aliphatic rings. The summed E-state index contributed by atoms with van der Waals surface area (Å²) in [7, 11) is 0. The number of aromatic nitrogens is 3. The van der Waals surface area contributed by atoms with Gasteiger partial charge in [0.05, 0.1) is 35.7 Å². The predicted octanol–water partition coefficient (Wildman–Crippen LogP) is 5.72. The number of nitrogens with two attached hydrogens (primary N) is 1. The zero-order chi connectivity index (χ0) is 24.9. The van der Waals surface area contributed by atoms with Gasteiger partial charge in [-0.3, -0.25) is 9.97 Å². The number of ether oxygens (including phenoxy) is 2. The lowest BCUT2D eigenvalue weighted by Crippen LogP contribution is -2.60. The van der Waals surface area contributed by atoms with Crippen molar-refractivity contribution in [1.29, 1.82) is 0 Å². The van der Waals surface area contributed by atoms with Crippen LogP contribution in [-0.4, -0.2) is 34.0 Å². The predicted molar refractivity (Wildman–Crippen MR) is 143 cm³/mol. The van der Waals surface area contributed by atoms with E-state index in [1.54, 1.807) is 12.4 Å². The van der Waals surface area contributed by atoms with E-state index in [4.69, 9.17) is 25.2 Å². The molecular formula is C31H26N4O2. The largest absolute Gasteiger partial charge is 0.347 e. The van der Waals surface area contributed by atoms with E-state index in [2.05, 4.69) is 59.6 Å². The Morgan fingerprint density at radius 3 is 2.14 bits per heavy atom. The van der Waals surface area contributed by atoms with Gasteiger partial charge in [0.25, 0.3) is 0 Å². The van der Waals surface area contributed by atoms with Gasteiger partial charge in [-0.05, 0) is 35.4 Å². The molecule has 0 amide bonds. The fourth-order valence-electron chi connectivity index (χ4n) is 5.67. The average molecular weight is 487 g/mol. The maximum Gasteiger partial charge on any atom is 0.172 e. The molecule has 7 rings (SSSR count). The van der Waals surface area contributed by atoms with Gasteiger partial charge in [0.15, 0.2) is 5.79 Å². The van der Waals surface area contributed by atoms with Crippen LogP contribution in [-0.2, 0) is 15.0 Å². The summed E-state index contributed by atoms with van der Waals surface area (Å²) in [5.74, 6) is -0.492. The van der Waals surface area contributed by atoms with Crippen LogP contribution in [0.25, 0.3) is 44.5 Å². The van der Waals surface area contributed by atoms with Crippen LogP contribution in [0.3, 0.4) is 0 Å².